The average molecular weight is 268 g/mol. The second-order valence-electron chi connectivity index (χ2n) is 6.16. The Kier molecular flexibility index (Phi) is 5.22. The fraction of sp³-hybridized carbons (Fsp3) is 0.933. The lowest BCUT2D eigenvalue weighted by Gasteiger charge is -2.42. The molecule has 2 aliphatic carbocycles. The van der Waals surface area contributed by atoms with Crippen LogP contribution in [0.15, 0.2) is 0 Å². The van der Waals surface area contributed by atoms with Gasteiger partial charge < -0.3 is 15.3 Å². The molecule has 110 valence electrons. The van der Waals surface area contributed by atoms with E-state index in [0.717, 1.165) is 25.7 Å². The first-order valence-electron chi connectivity index (χ1n) is 7.80. The third kappa shape index (κ3) is 3.48. The van der Waals surface area contributed by atoms with Gasteiger partial charge in [0.2, 0.25) is 5.91 Å². The molecule has 0 aromatic carbocycles. The molecule has 2 aliphatic rings. The summed E-state index contributed by atoms with van der Waals surface area (Å²) in [6, 6.07) is 0.386. The van der Waals surface area contributed by atoms with Crippen molar-refractivity contribution >= 4 is 5.91 Å². The normalized spacial score (nSPS) is 22.8. The number of nitrogens with one attached hydrogen (secondary N) is 1. The smallest absolute Gasteiger partial charge is 0.224 e. The molecule has 4 heteroatoms. The van der Waals surface area contributed by atoms with Gasteiger partial charge in [0.15, 0.2) is 0 Å². The molecule has 1 amide bonds. The van der Waals surface area contributed by atoms with E-state index in [1.807, 2.05) is 11.9 Å². The lowest BCUT2D eigenvalue weighted by molar-refractivity contribution is -0.137. The largest absolute Gasteiger partial charge is 0.395 e. The molecule has 2 saturated carbocycles. The molecule has 19 heavy (non-hydrogen) atoms. The maximum absolute atomic E-state index is 12.6. The zero-order valence-electron chi connectivity index (χ0n) is 12.2. The summed E-state index contributed by atoms with van der Waals surface area (Å²) >= 11 is 0. The van der Waals surface area contributed by atoms with Crippen molar-refractivity contribution in [1.82, 2.24) is 10.2 Å². The van der Waals surface area contributed by atoms with Gasteiger partial charge in [0, 0.05) is 24.5 Å². The minimum absolute atomic E-state index is 0.00673. The summed E-state index contributed by atoms with van der Waals surface area (Å²) in [7, 11) is 1.98. The van der Waals surface area contributed by atoms with Gasteiger partial charge in [-0.15, -0.1) is 0 Å². The molecule has 0 aromatic rings. The Morgan fingerprint density at radius 3 is 2.42 bits per heavy atom. The van der Waals surface area contributed by atoms with Crippen molar-refractivity contribution in [1.29, 1.82) is 0 Å². The van der Waals surface area contributed by atoms with Crippen molar-refractivity contribution in [3.8, 4) is 0 Å². The summed E-state index contributed by atoms with van der Waals surface area (Å²) in [6.45, 7) is 0.581. The molecule has 2 N–H and O–H groups in total. The van der Waals surface area contributed by atoms with E-state index < -0.39 is 0 Å². The monoisotopic (exact) mass is 268 g/mol. The number of nitrogens with zero attached hydrogens (tertiary/aromatic N) is 1. The number of hydrogen-bond donors (Lipinski definition) is 2. The topological polar surface area (TPSA) is 52.6 Å². The number of carbonyl (C=O) groups is 1. The summed E-state index contributed by atoms with van der Waals surface area (Å²) in [6.07, 6.45) is 9.98. The van der Waals surface area contributed by atoms with Crippen LogP contribution in [-0.2, 0) is 4.79 Å². The number of carbonyl (C=O) groups excluding carboxylic acids is 1. The number of aliphatic hydroxyl groups excluding tert-OH is 1. The molecule has 0 aliphatic heterocycles. The van der Waals surface area contributed by atoms with Gasteiger partial charge in [-0.1, -0.05) is 19.3 Å². The van der Waals surface area contributed by atoms with Crippen LogP contribution in [0.1, 0.15) is 57.8 Å². The van der Waals surface area contributed by atoms with E-state index in [1.165, 1.54) is 25.7 Å². The van der Waals surface area contributed by atoms with E-state index in [1.54, 1.807) is 0 Å². The van der Waals surface area contributed by atoms with Crippen LogP contribution in [0.4, 0.5) is 0 Å². The van der Waals surface area contributed by atoms with Crippen molar-refractivity contribution in [2.24, 2.45) is 0 Å². The molecule has 0 radical (unpaired) electrons. The number of rotatable bonds is 6. The quantitative estimate of drug-likeness (QED) is 0.770. The molecule has 0 heterocycles. The molecule has 0 bridgehead atoms. The molecule has 0 spiro atoms. The molecule has 2 fully saturated rings. The Bertz CT molecular complexity index is 297. The summed E-state index contributed by atoms with van der Waals surface area (Å²) in [5.41, 5.74) is 0.00673. The van der Waals surface area contributed by atoms with Crippen LogP contribution in [0.25, 0.3) is 0 Å². The zero-order chi connectivity index (χ0) is 13.7. The highest BCUT2D eigenvalue weighted by Crippen LogP contribution is 2.33. The predicted molar refractivity (Wildman–Crippen MR) is 75.9 cm³/mol. The van der Waals surface area contributed by atoms with Crippen LogP contribution >= 0.6 is 0 Å². The van der Waals surface area contributed by atoms with Gasteiger partial charge in [-0.05, 0) is 39.2 Å². The van der Waals surface area contributed by atoms with Crippen LogP contribution in [0.5, 0.6) is 0 Å². The second-order valence-corrected chi connectivity index (χ2v) is 6.16. The Labute approximate surface area is 116 Å². The molecular formula is C15H28N2O2. The molecule has 0 saturated heterocycles. The molecular weight excluding hydrogens is 240 g/mol. The SMILES string of the molecule is CNC1(CC(=O)N(CCO)C2CCC2)CCCCC1. The standard InChI is InChI=1S/C15H28N2O2/c1-16-15(8-3-2-4-9-15)12-14(19)17(10-11-18)13-6-5-7-13/h13,16,18H,2-12H2,1H3. The van der Waals surface area contributed by atoms with Gasteiger partial charge in [-0.25, -0.2) is 0 Å². The van der Waals surface area contributed by atoms with E-state index in [9.17, 15) is 9.90 Å². The minimum Gasteiger partial charge on any atom is -0.395 e. The van der Waals surface area contributed by atoms with Crippen molar-refractivity contribution in [3.05, 3.63) is 0 Å². The number of amides is 1. The second kappa shape index (κ2) is 6.71. The molecule has 2 rings (SSSR count). The van der Waals surface area contributed by atoms with Gasteiger partial charge in [0.1, 0.15) is 0 Å². The third-order valence-electron chi connectivity index (χ3n) is 5.01. The van der Waals surface area contributed by atoms with Gasteiger partial charge >= 0.3 is 0 Å². The van der Waals surface area contributed by atoms with Gasteiger partial charge in [0.05, 0.1) is 6.61 Å². The first kappa shape index (κ1) is 14.8. The molecule has 0 aromatic heterocycles. The van der Waals surface area contributed by atoms with Crippen LogP contribution in [0, 0.1) is 0 Å². The van der Waals surface area contributed by atoms with Crippen LogP contribution < -0.4 is 5.32 Å². The van der Waals surface area contributed by atoms with Gasteiger partial charge in [-0.3, -0.25) is 4.79 Å². The van der Waals surface area contributed by atoms with Gasteiger partial charge in [-0.2, -0.15) is 0 Å². The van der Waals surface area contributed by atoms with Crippen molar-refractivity contribution in [3.63, 3.8) is 0 Å². The first-order valence-corrected chi connectivity index (χ1v) is 7.80. The Hall–Kier alpha value is -0.610. The zero-order valence-corrected chi connectivity index (χ0v) is 12.2. The number of hydrogen-bond acceptors (Lipinski definition) is 3. The van der Waals surface area contributed by atoms with Crippen LogP contribution in [0.2, 0.25) is 0 Å². The molecule has 4 nitrogen and oxygen atoms in total. The van der Waals surface area contributed by atoms with Crippen molar-refractivity contribution < 1.29 is 9.90 Å². The minimum atomic E-state index is 0.00673. The highest BCUT2D eigenvalue weighted by atomic mass is 16.3. The van der Waals surface area contributed by atoms with E-state index in [0.29, 0.717) is 19.0 Å². The predicted octanol–water partition coefficient (Wildman–Crippen LogP) is 1.67. The highest BCUT2D eigenvalue weighted by Gasteiger charge is 2.36. The van der Waals surface area contributed by atoms with Crippen molar-refractivity contribution in [2.75, 3.05) is 20.2 Å². The van der Waals surface area contributed by atoms with E-state index in [4.69, 9.17) is 0 Å². The van der Waals surface area contributed by atoms with E-state index >= 15 is 0 Å². The summed E-state index contributed by atoms with van der Waals surface area (Å²) in [5.74, 6) is 0.231. The fourth-order valence-corrected chi connectivity index (χ4v) is 3.45. The maximum Gasteiger partial charge on any atom is 0.224 e. The Morgan fingerprint density at radius 1 is 1.26 bits per heavy atom. The lowest BCUT2D eigenvalue weighted by Crippen LogP contribution is -2.52. The summed E-state index contributed by atoms with van der Waals surface area (Å²) < 4.78 is 0. The number of aliphatic hydroxyl groups is 1. The average Bonchev–Trinajstić information content (AvgIpc) is 2.37. The first-order chi connectivity index (χ1) is 9.21. The molecule has 0 atom stereocenters. The lowest BCUT2D eigenvalue weighted by atomic mass is 9.78. The van der Waals surface area contributed by atoms with E-state index in [-0.39, 0.29) is 18.1 Å². The van der Waals surface area contributed by atoms with Crippen LogP contribution in [-0.4, -0.2) is 47.7 Å². The Balaban J connectivity index is 1.96. The van der Waals surface area contributed by atoms with Crippen LogP contribution in [0.3, 0.4) is 0 Å². The fourth-order valence-electron chi connectivity index (χ4n) is 3.45. The molecule has 0 unspecified atom stereocenters. The maximum atomic E-state index is 12.6. The van der Waals surface area contributed by atoms with E-state index in [2.05, 4.69) is 5.32 Å². The third-order valence-corrected chi connectivity index (χ3v) is 5.01. The highest BCUT2D eigenvalue weighted by molar-refractivity contribution is 5.78. The van der Waals surface area contributed by atoms with Gasteiger partial charge in [0.25, 0.3) is 0 Å². The van der Waals surface area contributed by atoms with Crippen molar-refractivity contribution in [2.45, 2.75) is 69.4 Å². The summed E-state index contributed by atoms with van der Waals surface area (Å²) in [4.78, 5) is 14.5. The summed E-state index contributed by atoms with van der Waals surface area (Å²) in [5, 5.41) is 12.6. The Morgan fingerprint density at radius 2 is 1.95 bits per heavy atom.